The normalized spacial score (nSPS) is 12.6. The Morgan fingerprint density at radius 2 is 1.62 bits per heavy atom. The van der Waals surface area contributed by atoms with Crippen molar-refractivity contribution in [1.29, 1.82) is 0 Å². The molecule has 0 aliphatic carbocycles. The van der Waals surface area contributed by atoms with Gasteiger partial charge in [-0.3, -0.25) is 14.9 Å². The third-order valence-corrected chi connectivity index (χ3v) is 8.35. The summed E-state index contributed by atoms with van der Waals surface area (Å²) in [5.41, 5.74) is 2.60. The minimum atomic E-state index is -0.446. The summed E-state index contributed by atoms with van der Waals surface area (Å²) in [6, 6.07) is 13.6. The molecule has 0 saturated heterocycles. The van der Waals surface area contributed by atoms with E-state index in [1.54, 1.807) is 12.1 Å². The van der Waals surface area contributed by atoms with Crippen LogP contribution in [0.15, 0.2) is 58.8 Å². The van der Waals surface area contributed by atoms with Gasteiger partial charge in [-0.05, 0) is 85.6 Å². The average Bonchev–Trinajstić information content (AvgIpc) is 2.92. The van der Waals surface area contributed by atoms with E-state index < -0.39 is 4.92 Å². The molecule has 0 saturated carbocycles. The predicted molar refractivity (Wildman–Crippen MR) is 166 cm³/mol. The van der Waals surface area contributed by atoms with Crippen molar-refractivity contribution in [3.05, 3.63) is 58.6 Å². The van der Waals surface area contributed by atoms with Crippen LogP contribution < -0.4 is 4.90 Å². The second-order valence-corrected chi connectivity index (χ2v) is 12.5. The van der Waals surface area contributed by atoms with Crippen molar-refractivity contribution in [2.75, 3.05) is 36.1 Å². The molecule has 0 N–H and O–H groups in total. The number of esters is 1. The number of azo groups is 1. The lowest BCUT2D eigenvalue weighted by Crippen LogP contribution is -2.28. The molecule has 1 unspecified atom stereocenters. The molecule has 1 atom stereocenters. The van der Waals surface area contributed by atoms with Gasteiger partial charge in [0.15, 0.2) is 0 Å². The largest absolute Gasteiger partial charge is 0.464 e. The van der Waals surface area contributed by atoms with Crippen molar-refractivity contribution in [3.8, 4) is 0 Å². The molecule has 0 bridgehead atoms. The maximum atomic E-state index is 12.2. The Kier molecular flexibility index (Phi) is 14.1. The van der Waals surface area contributed by atoms with Crippen LogP contribution in [0.3, 0.4) is 0 Å². The molecule has 8 nitrogen and oxygen atoms in total. The van der Waals surface area contributed by atoms with Crippen LogP contribution in [0.1, 0.15) is 67.2 Å². The molecule has 0 radical (unpaired) electrons. The van der Waals surface area contributed by atoms with Gasteiger partial charge < -0.3 is 9.64 Å². The van der Waals surface area contributed by atoms with Crippen LogP contribution in [0.4, 0.5) is 22.7 Å². The zero-order valence-corrected chi connectivity index (χ0v) is 25.8. The molecule has 2 aromatic rings. The molecule has 0 aliphatic rings. The SMILES string of the molecule is CCN(CCOC(=O)CCSCCCC(C)(C)C(C)CC(C)C)c1ccc(N=Nc2ccc([N+](=O)[O-])cc2)cc1. The molecular weight excluding hydrogens is 524 g/mol. The van der Waals surface area contributed by atoms with E-state index in [0.717, 1.165) is 29.7 Å². The lowest BCUT2D eigenvalue weighted by Gasteiger charge is -2.33. The minimum absolute atomic E-state index is 0.0182. The van der Waals surface area contributed by atoms with Crippen molar-refractivity contribution in [2.24, 2.45) is 27.5 Å². The van der Waals surface area contributed by atoms with Crippen molar-refractivity contribution in [2.45, 2.75) is 67.2 Å². The molecule has 0 amide bonds. The highest BCUT2D eigenvalue weighted by Crippen LogP contribution is 2.36. The topological polar surface area (TPSA) is 97.4 Å². The molecule has 40 heavy (non-hydrogen) atoms. The van der Waals surface area contributed by atoms with Gasteiger partial charge in [-0.25, -0.2) is 0 Å². The number of nitro groups is 1. The quantitative estimate of drug-likeness (QED) is 0.0583. The van der Waals surface area contributed by atoms with Crippen LogP contribution in [-0.4, -0.2) is 42.1 Å². The molecule has 0 spiro atoms. The highest BCUT2D eigenvalue weighted by Gasteiger charge is 2.25. The lowest BCUT2D eigenvalue weighted by molar-refractivity contribution is -0.384. The van der Waals surface area contributed by atoms with Gasteiger partial charge in [0.2, 0.25) is 0 Å². The maximum Gasteiger partial charge on any atom is 0.306 e. The van der Waals surface area contributed by atoms with Crippen LogP contribution in [0.25, 0.3) is 0 Å². The first-order valence-corrected chi connectivity index (χ1v) is 15.4. The summed E-state index contributed by atoms with van der Waals surface area (Å²) in [5, 5.41) is 19.1. The number of non-ortho nitro benzene ring substituents is 1. The summed E-state index contributed by atoms with van der Waals surface area (Å²) < 4.78 is 5.49. The van der Waals surface area contributed by atoms with Crippen molar-refractivity contribution < 1.29 is 14.5 Å². The van der Waals surface area contributed by atoms with E-state index in [9.17, 15) is 14.9 Å². The van der Waals surface area contributed by atoms with Gasteiger partial charge in [0, 0.05) is 30.1 Å². The zero-order valence-electron chi connectivity index (χ0n) is 25.0. The number of benzene rings is 2. The number of carbonyl (C=O) groups is 1. The number of carbonyl (C=O) groups excluding carboxylic acids is 1. The summed E-state index contributed by atoms with van der Waals surface area (Å²) in [7, 11) is 0. The Balaban J connectivity index is 1.67. The van der Waals surface area contributed by atoms with Crippen molar-refractivity contribution in [1.82, 2.24) is 0 Å². The van der Waals surface area contributed by atoms with Gasteiger partial charge in [0.1, 0.15) is 6.61 Å². The number of nitrogens with zero attached hydrogens (tertiary/aromatic N) is 4. The summed E-state index contributed by atoms with van der Waals surface area (Å²) in [4.78, 5) is 24.7. The molecule has 9 heteroatoms. The third-order valence-electron chi connectivity index (χ3n) is 7.28. The van der Waals surface area contributed by atoms with E-state index in [1.165, 1.54) is 31.4 Å². The van der Waals surface area contributed by atoms with Crippen LogP contribution in [0.2, 0.25) is 0 Å². The average molecular weight is 571 g/mol. The maximum absolute atomic E-state index is 12.2. The van der Waals surface area contributed by atoms with Crippen molar-refractivity contribution in [3.63, 3.8) is 0 Å². The van der Waals surface area contributed by atoms with Gasteiger partial charge in [-0.2, -0.15) is 22.0 Å². The molecular formula is C31H46N4O4S. The van der Waals surface area contributed by atoms with E-state index in [2.05, 4.69) is 56.7 Å². The van der Waals surface area contributed by atoms with Gasteiger partial charge in [-0.1, -0.05) is 34.6 Å². The molecule has 0 heterocycles. The van der Waals surface area contributed by atoms with Crippen LogP contribution in [-0.2, 0) is 9.53 Å². The Morgan fingerprint density at radius 3 is 2.17 bits per heavy atom. The first-order valence-electron chi connectivity index (χ1n) is 14.3. The molecule has 0 aliphatic heterocycles. The van der Waals surface area contributed by atoms with Crippen LogP contribution >= 0.6 is 11.8 Å². The highest BCUT2D eigenvalue weighted by molar-refractivity contribution is 7.99. The number of hydrogen-bond acceptors (Lipinski definition) is 8. The number of ether oxygens (including phenoxy) is 1. The second-order valence-electron chi connectivity index (χ2n) is 11.3. The number of rotatable bonds is 18. The molecule has 2 aromatic carbocycles. The summed E-state index contributed by atoms with van der Waals surface area (Å²) >= 11 is 1.84. The molecule has 0 fully saturated rings. The van der Waals surface area contributed by atoms with Crippen molar-refractivity contribution >= 4 is 40.5 Å². The summed E-state index contributed by atoms with van der Waals surface area (Å²) in [6.07, 6.45) is 4.11. The Labute approximate surface area is 244 Å². The van der Waals surface area contributed by atoms with Gasteiger partial charge in [0.05, 0.1) is 29.3 Å². The molecule has 2 rings (SSSR count). The van der Waals surface area contributed by atoms with Gasteiger partial charge in [0.25, 0.3) is 5.69 Å². The van der Waals surface area contributed by atoms with E-state index in [4.69, 9.17) is 4.74 Å². The fraction of sp³-hybridized carbons (Fsp3) is 0.581. The van der Waals surface area contributed by atoms with Crippen LogP contribution in [0, 0.1) is 27.4 Å². The standard InChI is InChI=1S/C31H46N4O4S/c1-7-34(28-13-9-26(10-14-28)32-33-27-11-15-29(16-12-27)35(37)38)19-20-39-30(36)17-22-40-21-8-18-31(5,6)25(4)23-24(2)3/h9-16,24-25H,7-8,17-23H2,1-6H3. The molecule has 0 aromatic heterocycles. The second kappa shape index (κ2) is 17.0. The van der Waals surface area contributed by atoms with E-state index in [1.807, 2.05) is 36.0 Å². The Hall–Kier alpha value is -2.94. The van der Waals surface area contributed by atoms with E-state index in [0.29, 0.717) is 42.3 Å². The number of thioether (sulfide) groups is 1. The monoisotopic (exact) mass is 570 g/mol. The van der Waals surface area contributed by atoms with E-state index in [-0.39, 0.29) is 11.7 Å². The lowest BCUT2D eigenvalue weighted by atomic mass is 9.73. The Morgan fingerprint density at radius 1 is 1.02 bits per heavy atom. The van der Waals surface area contributed by atoms with Gasteiger partial charge in [-0.15, -0.1) is 0 Å². The van der Waals surface area contributed by atoms with Gasteiger partial charge >= 0.3 is 5.97 Å². The smallest absolute Gasteiger partial charge is 0.306 e. The van der Waals surface area contributed by atoms with Crippen LogP contribution in [0.5, 0.6) is 0 Å². The predicted octanol–water partition coefficient (Wildman–Crippen LogP) is 8.99. The number of likely N-dealkylation sites (N-methyl/N-ethyl adjacent to an activating group) is 1. The first kappa shape index (κ1) is 33.3. The fourth-order valence-electron chi connectivity index (χ4n) is 4.46. The number of nitro benzene ring substituents is 1. The fourth-order valence-corrected chi connectivity index (χ4v) is 5.32. The van der Waals surface area contributed by atoms with E-state index >= 15 is 0 Å². The summed E-state index contributed by atoms with van der Waals surface area (Å²) in [6.45, 7) is 15.5. The molecule has 220 valence electrons. The number of anilines is 1. The first-order chi connectivity index (χ1) is 19.0. The number of hydrogen-bond donors (Lipinski definition) is 0. The zero-order chi connectivity index (χ0) is 29.5. The highest BCUT2D eigenvalue weighted by atomic mass is 32.2. The third kappa shape index (κ3) is 12.1. The summed E-state index contributed by atoms with van der Waals surface area (Å²) in [5.74, 6) is 3.19. The Bertz CT molecular complexity index is 1070. The minimum Gasteiger partial charge on any atom is -0.464 e.